The van der Waals surface area contributed by atoms with Crippen molar-refractivity contribution >= 4 is 11.8 Å². The second-order valence-electron chi connectivity index (χ2n) is 13.1. The van der Waals surface area contributed by atoms with Crippen LogP contribution in [-0.4, -0.2) is 88.1 Å². The van der Waals surface area contributed by atoms with Crippen LogP contribution < -0.4 is 34.3 Å². The molecule has 2 amide bonds. The summed E-state index contributed by atoms with van der Waals surface area (Å²) in [5.41, 5.74) is 2.98. The first-order valence-electron chi connectivity index (χ1n) is 18.1. The Kier molecular flexibility index (Phi) is 14.8. The van der Waals surface area contributed by atoms with Gasteiger partial charge >= 0.3 is 0 Å². The number of aliphatic hydroxyl groups is 1. The van der Waals surface area contributed by atoms with Crippen LogP contribution in [0.3, 0.4) is 0 Å². The molecule has 1 aliphatic rings. The van der Waals surface area contributed by atoms with E-state index in [1.165, 1.54) is 14.2 Å². The van der Waals surface area contributed by atoms with Gasteiger partial charge in [0.05, 0.1) is 33.5 Å². The molecule has 3 N–H and O–H groups in total. The zero-order valence-corrected chi connectivity index (χ0v) is 30.8. The standard InChI is InChI=1S/C42H51N3O8/c1-49-34-16-14-30(15-17-34)20-23-45(42(48)33-18-21-43-22-19-33)27-37(46)36(24-31-10-6-4-7-11-31)44-40(47)29-52-35-25-38(50-2)41(39(26-35)51-3)53-28-32-12-8-5-9-13-32/h4-17,25-26,33,36-37,43,46H,18-24,27-29H2,1-3H3,(H,44,47)/t36-,37-/m0/s1. The van der Waals surface area contributed by atoms with E-state index in [1.807, 2.05) is 84.9 Å². The third-order valence-electron chi connectivity index (χ3n) is 9.38. The molecular weight excluding hydrogens is 674 g/mol. The van der Waals surface area contributed by atoms with Crippen molar-refractivity contribution in [1.82, 2.24) is 15.5 Å². The van der Waals surface area contributed by atoms with Gasteiger partial charge in [-0.15, -0.1) is 0 Å². The Bertz CT molecular complexity index is 1690. The molecule has 11 nitrogen and oxygen atoms in total. The molecule has 0 spiro atoms. The number of amides is 2. The van der Waals surface area contributed by atoms with Gasteiger partial charge in [0.1, 0.15) is 18.1 Å². The van der Waals surface area contributed by atoms with Gasteiger partial charge in [-0.3, -0.25) is 9.59 Å². The van der Waals surface area contributed by atoms with Gasteiger partial charge in [-0.1, -0.05) is 72.8 Å². The number of carbonyl (C=O) groups excluding carboxylic acids is 2. The van der Waals surface area contributed by atoms with Gasteiger partial charge in [0, 0.05) is 31.1 Å². The van der Waals surface area contributed by atoms with Crippen LogP contribution in [0.15, 0.2) is 97.1 Å². The zero-order chi connectivity index (χ0) is 37.4. The minimum absolute atomic E-state index is 0.0197. The summed E-state index contributed by atoms with van der Waals surface area (Å²) >= 11 is 0. The van der Waals surface area contributed by atoms with E-state index in [1.54, 1.807) is 24.1 Å². The fraction of sp³-hybridized carbons (Fsp3) is 0.381. The number of carbonyl (C=O) groups is 2. The van der Waals surface area contributed by atoms with Gasteiger partial charge in [0.25, 0.3) is 5.91 Å². The molecule has 2 atom stereocenters. The van der Waals surface area contributed by atoms with Crippen LogP contribution in [0.2, 0.25) is 0 Å². The highest BCUT2D eigenvalue weighted by molar-refractivity contribution is 5.79. The number of aliphatic hydroxyl groups excluding tert-OH is 1. The minimum atomic E-state index is -1.05. The maximum Gasteiger partial charge on any atom is 0.258 e. The number of hydrogen-bond donors (Lipinski definition) is 3. The summed E-state index contributed by atoms with van der Waals surface area (Å²) in [6, 6.07) is 29.7. The van der Waals surface area contributed by atoms with Crippen molar-refractivity contribution in [3.8, 4) is 28.7 Å². The summed E-state index contributed by atoms with van der Waals surface area (Å²) in [6.45, 7) is 2.03. The van der Waals surface area contributed by atoms with Crippen LogP contribution >= 0.6 is 0 Å². The topological polar surface area (TPSA) is 128 Å². The predicted octanol–water partition coefficient (Wildman–Crippen LogP) is 4.83. The molecule has 1 saturated heterocycles. The summed E-state index contributed by atoms with van der Waals surface area (Å²) in [6.07, 6.45) is 1.40. The first-order chi connectivity index (χ1) is 25.9. The SMILES string of the molecule is COc1ccc(CCN(C[C@H](O)[C@H](Cc2ccccc2)NC(=O)COc2cc(OC)c(OCc3ccccc3)c(OC)c2)C(=O)C2CCNCC2)cc1. The van der Waals surface area contributed by atoms with Crippen molar-refractivity contribution in [3.05, 3.63) is 114 Å². The van der Waals surface area contributed by atoms with Gasteiger partial charge in [-0.2, -0.15) is 0 Å². The van der Waals surface area contributed by atoms with Crippen LogP contribution in [0, 0.1) is 5.92 Å². The third-order valence-corrected chi connectivity index (χ3v) is 9.38. The number of methoxy groups -OCH3 is 3. The number of nitrogens with one attached hydrogen (secondary N) is 2. The number of piperidine rings is 1. The van der Waals surface area contributed by atoms with Crippen LogP contribution in [-0.2, 0) is 29.0 Å². The summed E-state index contributed by atoms with van der Waals surface area (Å²) in [4.78, 5) is 29.1. The van der Waals surface area contributed by atoms with E-state index in [9.17, 15) is 14.7 Å². The van der Waals surface area contributed by atoms with Crippen molar-refractivity contribution in [2.45, 2.75) is 44.4 Å². The highest BCUT2D eigenvalue weighted by Gasteiger charge is 2.30. The first-order valence-corrected chi connectivity index (χ1v) is 18.1. The number of ether oxygens (including phenoxy) is 5. The Balaban J connectivity index is 1.27. The highest BCUT2D eigenvalue weighted by atomic mass is 16.5. The maximum atomic E-state index is 13.9. The third kappa shape index (κ3) is 11.6. The molecule has 282 valence electrons. The molecule has 1 aliphatic heterocycles. The average molecular weight is 726 g/mol. The van der Waals surface area contributed by atoms with Crippen LogP contribution in [0.5, 0.6) is 28.7 Å². The molecular formula is C42H51N3O8. The number of rotatable bonds is 19. The summed E-state index contributed by atoms with van der Waals surface area (Å²) in [7, 11) is 4.67. The van der Waals surface area contributed by atoms with Crippen molar-refractivity contribution in [2.24, 2.45) is 5.92 Å². The lowest BCUT2D eigenvalue weighted by molar-refractivity contribution is -0.138. The maximum absolute atomic E-state index is 13.9. The van der Waals surface area contributed by atoms with E-state index in [2.05, 4.69) is 10.6 Å². The molecule has 5 rings (SSSR count). The molecule has 0 radical (unpaired) electrons. The van der Waals surface area contributed by atoms with Gasteiger partial charge < -0.3 is 44.3 Å². The number of benzene rings is 4. The van der Waals surface area contributed by atoms with E-state index in [4.69, 9.17) is 23.7 Å². The summed E-state index contributed by atoms with van der Waals surface area (Å²) < 4.78 is 28.4. The van der Waals surface area contributed by atoms with E-state index in [0.29, 0.717) is 49.0 Å². The van der Waals surface area contributed by atoms with Crippen molar-refractivity contribution in [3.63, 3.8) is 0 Å². The van der Waals surface area contributed by atoms with Crippen LogP contribution in [0.1, 0.15) is 29.5 Å². The minimum Gasteiger partial charge on any atom is -0.497 e. The Labute approximate surface area is 312 Å². The molecule has 0 unspecified atom stereocenters. The highest BCUT2D eigenvalue weighted by Crippen LogP contribution is 2.41. The summed E-state index contributed by atoms with van der Waals surface area (Å²) in [5, 5.41) is 18.1. The van der Waals surface area contributed by atoms with Crippen LogP contribution in [0.4, 0.5) is 0 Å². The Morgan fingerprint density at radius 1 is 0.792 bits per heavy atom. The fourth-order valence-electron chi connectivity index (χ4n) is 6.39. The molecule has 53 heavy (non-hydrogen) atoms. The van der Waals surface area contributed by atoms with E-state index in [-0.39, 0.29) is 25.0 Å². The lowest BCUT2D eigenvalue weighted by Gasteiger charge is -2.33. The largest absolute Gasteiger partial charge is 0.497 e. The molecule has 0 aliphatic carbocycles. The molecule has 0 saturated carbocycles. The van der Waals surface area contributed by atoms with E-state index in [0.717, 1.165) is 48.4 Å². The molecule has 4 aromatic carbocycles. The Morgan fingerprint density at radius 2 is 1.42 bits per heavy atom. The van der Waals surface area contributed by atoms with Gasteiger partial charge in [0.2, 0.25) is 11.7 Å². The van der Waals surface area contributed by atoms with E-state index >= 15 is 0 Å². The lowest BCUT2D eigenvalue weighted by atomic mass is 9.95. The molecule has 0 aromatic heterocycles. The zero-order valence-electron chi connectivity index (χ0n) is 30.8. The van der Waals surface area contributed by atoms with Crippen molar-refractivity contribution in [1.29, 1.82) is 0 Å². The monoisotopic (exact) mass is 725 g/mol. The predicted molar refractivity (Wildman–Crippen MR) is 203 cm³/mol. The molecule has 4 aromatic rings. The lowest BCUT2D eigenvalue weighted by Crippen LogP contribution is -2.53. The molecule has 0 bridgehead atoms. The van der Waals surface area contributed by atoms with E-state index < -0.39 is 18.1 Å². The summed E-state index contributed by atoms with van der Waals surface area (Å²) in [5.74, 6) is 1.77. The fourth-order valence-corrected chi connectivity index (χ4v) is 6.39. The molecule has 1 fully saturated rings. The van der Waals surface area contributed by atoms with Crippen molar-refractivity contribution in [2.75, 3.05) is 54.1 Å². The Hall–Kier alpha value is -5.26. The Morgan fingerprint density at radius 3 is 2.02 bits per heavy atom. The van der Waals surface area contributed by atoms with Gasteiger partial charge in [-0.05, 0) is 67.6 Å². The smallest absolute Gasteiger partial charge is 0.258 e. The average Bonchev–Trinajstić information content (AvgIpc) is 3.21. The normalized spacial score (nSPS) is 14.0. The second kappa shape index (κ2) is 20.1. The molecule has 11 heteroatoms. The quantitative estimate of drug-likeness (QED) is 0.125. The van der Waals surface area contributed by atoms with Crippen LogP contribution in [0.25, 0.3) is 0 Å². The first kappa shape index (κ1) is 39.0. The van der Waals surface area contributed by atoms with Gasteiger partial charge in [0.15, 0.2) is 18.1 Å². The van der Waals surface area contributed by atoms with Crippen molar-refractivity contribution < 1.29 is 38.4 Å². The van der Waals surface area contributed by atoms with Gasteiger partial charge in [-0.25, -0.2) is 0 Å². The number of nitrogens with zero attached hydrogens (tertiary/aromatic N) is 1. The number of hydrogen-bond acceptors (Lipinski definition) is 9. The second-order valence-corrected chi connectivity index (χ2v) is 13.1. The molecule has 1 heterocycles.